The third-order valence-corrected chi connectivity index (χ3v) is 3.73. The van der Waals surface area contributed by atoms with Gasteiger partial charge in [0.15, 0.2) is 0 Å². The molecule has 1 heterocycles. The maximum atomic E-state index is 4.43. The highest BCUT2D eigenvalue weighted by Gasteiger charge is 2.08. The van der Waals surface area contributed by atoms with Crippen molar-refractivity contribution < 1.29 is 0 Å². The van der Waals surface area contributed by atoms with Gasteiger partial charge in [0.1, 0.15) is 0 Å². The van der Waals surface area contributed by atoms with Crippen molar-refractivity contribution in [1.82, 2.24) is 15.1 Å². The normalized spacial score (nSPS) is 10.8. The second kappa shape index (κ2) is 5.02. The molecule has 0 bridgehead atoms. The Morgan fingerprint density at radius 3 is 2.76 bits per heavy atom. The molecule has 1 aromatic heterocycles. The van der Waals surface area contributed by atoms with Gasteiger partial charge in [-0.3, -0.25) is 0 Å². The van der Waals surface area contributed by atoms with Crippen molar-refractivity contribution in [2.24, 2.45) is 0 Å². The lowest BCUT2D eigenvalue weighted by Crippen LogP contribution is -2.06. The average Bonchev–Trinajstić information content (AvgIpc) is 2.66. The van der Waals surface area contributed by atoms with Gasteiger partial charge in [-0.15, -0.1) is 0 Å². The first kappa shape index (κ1) is 12.3. The largest absolute Gasteiger partial charge is 0.316 e. The molecular formula is C13H16BrN3. The number of hydrogen-bond acceptors (Lipinski definition) is 2. The maximum Gasteiger partial charge on any atom is 0.0660 e. The van der Waals surface area contributed by atoms with Crippen LogP contribution in [0.2, 0.25) is 0 Å². The van der Waals surface area contributed by atoms with Crippen molar-refractivity contribution in [1.29, 1.82) is 0 Å². The summed E-state index contributed by atoms with van der Waals surface area (Å²) in [5.41, 5.74) is 4.72. The Morgan fingerprint density at radius 1 is 1.35 bits per heavy atom. The number of hydrogen-bond donors (Lipinski definition) is 1. The van der Waals surface area contributed by atoms with E-state index < -0.39 is 0 Å². The summed E-state index contributed by atoms with van der Waals surface area (Å²) in [4.78, 5) is 0. The van der Waals surface area contributed by atoms with Crippen LogP contribution in [-0.4, -0.2) is 16.8 Å². The van der Waals surface area contributed by atoms with E-state index in [1.54, 1.807) is 0 Å². The molecule has 4 heteroatoms. The monoisotopic (exact) mass is 293 g/mol. The van der Waals surface area contributed by atoms with Gasteiger partial charge in [0, 0.05) is 22.3 Å². The van der Waals surface area contributed by atoms with E-state index in [0.29, 0.717) is 0 Å². The smallest absolute Gasteiger partial charge is 0.0660 e. The Hall–Kier alpha value is -1.13. The summed E-state index contributed by atoms with van der Waals surface area (Å²) in [5.74, 6) is 0. The van der Waals surface area contributed by atoms with Gasteiger partial charge in [0.2, 0.25) is 0 Å². The van der Waals surface area contributed by atoms with E-state index in [2.05, 4.69) is 58.4 Å². The molecule has 3 nitrogen and oxygen atoms in total. The second-order valence-corrected chi connectivity index (χ2v) is 4.99. The molecule has 0 unspecified atom stereocenters. The molecule has 0 saturated carbocycles. The highest BCUT2D eigenvalue weighted by molar-refractivity contribution is 9.10. The number of benzene rings is 1. The van der Waals surface area contributed by atoms with E-state index in [9.17, 15) is 0 Å². The Balaban J connectivity index is 2.42. The molecule has 0 amide bonds. The standard InChI is InChI=1S/C13H16BrN3/c1-9-4-5-12(6-13(9)14)17-10(2)11(7-15-3)8-16-17/h4-6,8,15H,7H2,1-3H3. The molecule has 17 heavy (non-hydrogen) atoms. The molecule has 0 aliphatic carbocycles. The van der Waals surface area contributed by atoms with E-state index >= 15 is 0 Å². The van der Waals surface area contributed by atoms with Crippen LogP contribution in [0.1, 0.15) is 16.8 Å². The SMILES string of the molecule is CNCc1cnn(-c2ccc(C)c(Br)c2)c1C. The van der Waals surface area contributed by atoms with E-state index in [0.717, 1.165) is 16.7 Å². The summed E-state index contributed by atoms with van der Waals surface area (Å²) in [7, 11) is 1.94. The molecule has 0 atom stereocenters. The summed E-state index contributed by atoms with van der Waals surface area (Å²) in [6, 6.07) is 6.28. The van der Waals surface area contributed by atoms with Crippen LogP contribution < -0.4 is 5.32 Å². The molecular weight excluding hydrogens is 278 g/mol. The summed E-state index contributed by atoms with van der Waals surface area (Å²) >= 11 is 3.55. The van der Waals surface area contributed by atoms with Crippen LogP contribution in [0, 0.1) is 13.8 Å². The lowest BCUT2D eigenvalue weighted by Gasteiger charge is -2.07. The second-order valence-electron chi connectivity index (χ2n) is 4.13. The third-order valence-electron chi connectivity index (χ3n) is 2.88. The minimum Gasteiger partial charge on any atom is -0.316 e. The predicted molar refractivity (Wildman–Crippen MR) is 73.5 cm³/mol. The fourth-order valence-electron chi connectivity index (χ4n) is 1.78. The van der Waals surface area contributed by atoms with Crippen LogP contribution in [0.3, 0.4) is 0 Å². The minimum atomic E-state index is 0.846. The van der Waals surface area contributed by atoms with Crippen LogP contribution in [0.15, 0.2) is 28.9 Å². The van der Waals surface area contributed by atoms with Gasteiger partial charge in [-0.2, -0.15) is 5.10 Å². The fraction of sp³-hybridized carbons (Fsp3) is 0.308. The summed E-state index contributed by atoms with van der Waals surface area (Å²) in [6.45, 7) is 5.02. The molecule has 0 aliphatic heterocycles. The molecule has 1 aromatic carbocycles. The molecule has 90 valence electrons. The molecule has 0 aliphatic rings. The molecule has 0 spiro atoms. The van der Waals surface area contributed by atoms with Crippen molar-refractivity contribution in [2.75, 3.05) is 7.05 Å². The lowest BCUT2D eigenvalue weighted by molar-refractivity contribution is 0.801. The third kappa shape index (κ3) is 2.42. The Kier molecular flexibility index (Phi) is 3.64. The van der Waals surface area contributed by atoms with E-state index in [4.69, 9.17) is 0 Å². The van der Waals surface area contributed by atoms with Crippen molar-refractivity contribution in [3.63, 3.8) is 0 Å². The first-order chi connectivity index (χ1) is 8.13. The zero-order valence-electron chi connectivity index (χ0n) is 10.3. The fourth-order valence-corrected chi connectivity index (χ4v) is 2.15. The van der Waals surface area contributed by atoms with Gasteiger partial charge in [-0.05, 0) is 38.6 Å². The Morgan fingerprint density at radius 2 is 2.12 bits per heavy atom. The van der Waals surface area contributed by atoms with E-state index in [1.165, 1.54) is 16.8 Å². The number of nitrogens with zero attached hydrogens (tertiary/aromatic N) is 2. The predicted octanol–water partition coefficient (Wildman–Crippen LogP) is 2.97. The van der Waals surface area contributed by atoms with Gasteiger partial charge < -0.3 is 5.32 Å². The van der Waals surface area contributed by atoms with E-state index in [1.807, 2.05) is 17.9 Å². The lowest BCUT2D eigenvalue weighted by atomic mass is 10.2. The van der Waals surface area contributed by atoms with Crippen molar-refractivity contribution in [3.8, 4) is 5.69 Å². The Bertz CT molecular complexity index is 531. The van der Waals surface area contributed by atoms with E-state index in [-0.39, 0.29) is 0 Å². The number of nitrogens with one attached hydrogen (secondary N) is 1. The number of rotatable bonds is 3. The molecule has 0 radical (unpaired) electrons. The van der Waals surface area contributed by atoms with Gasteiger partial charge >= 0.3 is 0 Å². The van der Waals surface area contributed by atoms with Crippen LogP contribution in [-0.2, 0) is 6.54 Å². The summed E-state index contributed by atoms with van der Waals surface area (Å²) < 4.78 is 3.08. The van der Waals surface area contributed by atoms with Crippen LogP contribution in [0.4, 0.5) is 0 Å². The van der Waals surface area contributed by atoms with Crippen LogP contribution >= 0.6 is 15.9 Å². The molecule has 2 aromatic rings. The molecule has 1 N–H and O–H groups in total. The molecule has 0 fully saturated rings. The van der Waals surface area contributed by atoms with Gasteiger partial charge in [0.25, 0.3) is 0 Å². The quantitative estimate of drug-likeness (QED) is 0.943. The number of aromatic nitrogens is 2. The van der Waals surface area contributed by atoms with Gasteiger partial charge in [-0.25, -0.2) is 4.68 Å². The van der Waals surface area contributed by atoms with Crippen LogP contribution in [0.5, 0.6) is 0 Å². The van der Waals surface area contributed by atoms with Crippen molar-refractivity contribution in [2.45, 2.75) is 20.4 Å². The molecule has 0 saturated heterocycles. The highest BCUT2D eigenvalue weighted by atomic mass is 79.9. The minimum absolute atomic E-state index is 0.846. The zero-order valence-corrected chi connectivity index (χ0v) is 11.9. The van der Waals surface area contributed by atoms with Gasteiger partial charge in [-0.1, -0.05) is 22.0 Å². The molecule has 2 rings (SSSR count). The summed E-state index contributed by atoms with van der Waals surface area (Å²) in [6.07, 6.45) is 1.92. The Labute approximate surface area is 110 Å². The topological polar surface area (TPSA) is 29.9 Å². The van der Waals surface area contributed by atoms with Gasteiger partial charge in [0.05, 0.1) is 11.9 Å². The maximum absolute atomic E-state index is 4.43. The van der Waals surface area contributed by atoms with Crippen molar-refractivity contribution in [3.05, 3.63) is 45.7 Å². The highest BCUT2D eigenvalue weighted by Crippen LogP contribution is 2.21. The first-order valence-electron chi connectivity index (χ1n) is 5.58. The zero-order chi connectivity index (χ0) is 12.4. The first-order valence-corrected chi connectivity index (χ1v) is 6.37. The summed E-state index contributed by atoms with van der Waals surface area (Å²) in [5, 5.41) is 7.58. The van der Waals surface area contributed by atoms with Crippen LogP contribution in [0.25, 0.3) is 5.69 Å². The number of aryl methyl sites for hydroxylation is 1. The number of halogens is 1. The average molecular weight is 294 g/mol. The van der Waals surface area contributed by atoms with Crippen molar-refractivity contribution >= 4 is 15.9 Å².